The monoisotopic (exact) mass is 338 g/mol. The summed E-state index contributed by atoms with van der Waals surface area (Å²) in [5, 5.41) is 0. The number of esters is 1. The number of carbonyl (C=O) groups is 2. The van der Waals surface area contributed by atoms with Gasteiger partial charge in [0.1, 0.15) is 5.78 Å². The fourth-order valence-corrected chi connectivity index (χ4v) is 2.62. The van der Waals surface area contributed by atoms with Gasteiger partial charge in [0.05, 0.1) is 12.3 Å². The summed E-state index contributed by atoms with van der Waals surface area (Å²) in [6, 6.07) is 7.65. The molecule has 1 atom stereocenters. The van der Waals surface area contributed by atoms with Crippen molar-refractivity contribution in [2.75, 3.05) is 6.61 Å². The molecule has 0 saturated carbocycles. The van der Waals surface area contributed by atoms with Crippen molar-refractivity contribution in [2.24, 2.45) is 10.9 Å². The van der Waals surface area contributed by atoms with Crippen LogP contribution < -0.4 is 0 Å². The van der Waals surface area contributed by atoms with Crippen molar-refractivity contribution in [1.82, 2.24) is 4.98 Å². The molecule has 25 heavy (non-hydrogen) atoms. The first-order chi connectivity index (χ1) is 11.9. The number of hydrogen-bond donors (Lipinski definition) is 0. The van der Waals surface area contributed by atoms with Gasteiger partial charge in [-0.2, -0.15) is 0 Å². The maximum absolute atomic E-state index is 11.8. The molecule has 0 bridgehead atoms. The van der Waals surface area contributed by atoms with Gasteiger partial charge < -0.3 is 4.74 Å². The van der Waals surface area contributed by atoms with Crippen molar-refractivity contribution in [2.45, 2.75) is 27.7 Å². The standard InChI is InChI=1S/C20H22N2O3/c1-5-25-20(24)18(15(4)23)12-22-17-8-6-7-16(9-17)19-13(2)10-21-11-14(19)3/h6-12,18H,5H2,1-4H3. The number of carbonyl (C=O) groups excluding carboxylic acids is 2. The lowest BCUT2D eigenvalue weighted by molar-refractivity contribution is -0.148. The average molecular weight is 338 g/mol. The predicted octanol–water partition coefficient (Wildman–Crippen LogP) is 3.84. The number of aromatic nitrogens is 1. The Morgan fingerprint density at radius 3 is 2.52 bits per heavy atom. The number of rotatable bonds is 6. The normalized spacial score (nSPS) is 12.2. The Kier molecular flexibility index (Phi) is 6.17. The van der Waals surface area contributed by atoms with E-state index in [2.05, 4.69) is 9.98 Å². The summed E-state index contributed by atoms with van der Waals surface area (Å²) in [7, 11) is 0. The molecule has 0 amide bonds. The van der Waals surface area contributed by atoms with Crippen LogP contribution in [0, 0.1) is 19.8 Å². The predicted molar refractivity (Wildman–Crippen MR) is 98.1 cm³/mol. The number of aryl methyl sites for hydroxylation is 2. The molecule has 0 aliphatic carbocycles. The summed E-state index contributed by atoms with van der Waals surface area (Å²) in [4.78, 5) is 32.0. The molecule has 0 N–H and O–H groups in total. The fraction of sp³-hybridized carbons (Fsp3) is 0.300. The van der Waals surface area contributed by atoms with Crippen molar-refractivity contribution in [3.05, 3.63) is 47.8 Å². The van der Waals surface area contributed by atoms with E-state index in [1.165, 1.54) is 13.1 Å². The van der Waals surface area contributed by atoms with Gasteiger partial charge in [-0.05, 0) is 62.1 Å². The third-order valence-electron chi connectivity index (χ3n) is 3.81. The molecule has 0 aliphatic heterocycles. The van der Waals surface area contributed by atoms with E-state index in [1.807, 2.05) is 50.5 Å². The lowest BCUT2D eigenvalue weighted by Crippen LogP contribution is -2.25. The van der Waals surface area contributed by atoms with Crippen LogP contribution in [-0.2, 0) is 14.3 Å². The molecule has 0 saturated heterocycles. The molecule has 1 unspecified atom stereocenters. The molecule has 0 radical (unpaired) electrons. The van der Waals surface area contributed by atoms with Gasteiger partial charge in [-0.3, -0.25) is 19.6 Å². The maximum Gasteiger partial charge on any atom is 0.321 e. The van der Waals surface area contributed by atoms with Crippen LogP contribution in [0.1, 0.15) is 25.0 Å². The molecule has 1 aromatic heterocycles. The van der Waals surface area contributed by atoms with Crippen molar-refractivity contribution in [3.8, 4) is 11.1 Å². The van der Waals surface area contributed by atoms with Crippen LogP contribution in [0.15, 0.2) is 41.7 Å². The second-order valence-corrected chi connectivity index (χ2v) is 5.82. The molecule has 5 nitrogen and oxygen atoms in total. The van der Waals surface area contributed by atoms with E-state index in [0.29, 0.717) is 5.69 Å². The first-order valence-corrected chi connectivity index (χ1v) is 8.17. The molecule has 0 spiro atoms. The van der Waals surface area contributed by atoms with Crippen LogP contribution in [0.4, 0.5) is 5.69 Å². The summed E-state index contributed by atoms with van der Waals surface area (Å²) >= 11 is 0. The van der Waals surface area contributed by atoms with E-state index < -0.39 is 11.9 Å². The highest BCUT2D eigenvalue weighted by Gasteiger charge is 2.22. The van der Waals surface area contributed by atoms with Gasteiger partial charge in [0.25, 0.3) is 0 Å². The number of pyridine rings is 1. The highest BCUT2D eigenvalue weighted by molar-refractivity contribution is 6.11. The van der Waals surface area contributed by atoms with Gasteiger partial charge >= 0.3 is 5.97 Å². The first kappa shape index (κ1) is 18.5. The maximum atomic E-state index is 11.8. The summed E-state index contributed by atoms with van der Waals surface area (Å²) in [5.74, 6) is -1.84. The number of ether oxygens (including phenoxy) is 1. The molecule has 2 aromatic rings. The molecule has 0 aliphatic rings. The lowest BCUT2D eigenvalue weighted by atomic mass is 9.98. The van der Waals surface area contributed by atoms with Crippen molar-refractivity contribution >= 4 is 23.7 Å². The molecule has 1 heterocycles. The molecule has 0 fully saturated rings. The Morgan fingerprint density at radius 2 is 1.92 bits per heavy atom. The van der Waals surface area contributed by atoms with Crippen LogP contribution in [0.25, 0.3) is 11.1 Å². The van der Waals surface area contributed by atoms with Crippen LogP contribution in [0.2, 0.25) is 0 Å². The second kappa shape index (κ2) is 8.33. The highest BCUT2D eigenvalue weighted by Crippen LogP contribution is 2.29. The Balaban J connectivity index is 2.32. The topological polar surface area (TPSA) is 68.6 Å². The average Bonchev–Trinajstić information content (AvgIpc) is 2.55. The largest absolute Gasteiger partial charge is 0.465 e. The zero-order valence-electron chi connectivity index (χ0n) is 14.9. The van der Waals surface area contributed by atoms with Crippen molar-refractivity contribution in [3.63, 3.8) is 0 Å². The second-order valence-electron chi connectivity index (χ2n) is 5.82. The summed E-state index contributed by atoms with van der Waals surface area (Å²) in [6.45, 7) is 7.31. The summed E-state index contributed by atoms with van der Waals surface area (Å²) < 4.78 is 4.92. The number of Topliss-reactive ketones (excluding diaryl/α,β-unsaturated/α-hetero) is 1. The van der Waals surface area contributed by atoms with Crippen LogP contribution in [-0.4, -0.2) is 29.6 Å². The van der Waals surface area contributed by atoms with Crippen molar-refractivity contribution < 1.29 is 14.3 Å². The van der Waals surface area contributed by atoms with E-state index in [9.17, 15) is 9.59 Å². The number of hydrogen-bond acceptors (Lipinski definition) is 5. The number of nitrogens with zero attached hydrogens (tertiary/aromatic N) is 2. The van der Waals surface area contributed by atoms with Crippen LogP contribution in [0.3, 0.4) is 0 Å². The lowest BCUT2D eigenvalue weighted by Gasteiger charge is -2.10. The van der Waals surface area contributed by atoms with Gasteiger partial charge in [-0.15, -0.1) is 0 Å². The van der Waals surface area contributed by atoms with E-state index in [-0.39, 0.29) is 12.4 Å². The SMILES string of the molecule is CCOC(=O)C(C=Nc1cccc(-c2c(C)cncc2C)c1)C(C)=O. The van der Waals surface area contributed by atoms with Gasteiger partial charge in [0, 0.05) is 18.6 Å². The first-order valence-electron chi connectivity index (χ1n) is 8.17. The quantitative estimate of drug-likeness (QED) is 0.456. The molecule has 130 valence electrons. The molecule has 5 heteroatoms. The van der Waals surface area contributed by atoms with E-state index in [1.54, 1.807) is 6.92 Å². The van der Waals surface area contributed by atoms with Gasteiger partial charge in [-0.25, -0.2) is 0 Å². The summed E-state index contributed by atoms with van der Waals surface area (Å²) in [5.41, 5.74) is 4.95. The molecule has 1 aromatic carbocycles. The zero-order valence-corrected chi connectivity index (χ0v) is 14.9. The van der Waals surface area contributed by atoms with Gasteiger partial charge in [0.2, 0.25) is 0 Å². The highest BCUT2D eigenvalue weighted by atomic mass is 16.5. The molecule has 2 rings (SSSR count). The Labute approximate surface area is 147 Å². The van der Waals surface area contributed by atoms with Gasteiger partial charge in [0.15, 0.2) is 5.92 Å². The van der Waals surface area contributed by atoms with Crippen LogP contribution >= 0.6 is 0 Å². The Hall–Kier alpha value is -2.82. The third kappa shape index (κ3) is 4.59. The minimum atomic E-state index is -0.979. The van der Waals surface area contributed by atoms with Gasteiger partial charge in [-0.1, -0.05) is 12.1 Å². The van der Waals surface area contributed by atoms with E-state index in [0.717, 1.165) is 22.3 Å². The minimum Gasteiger partial charge on any atom is -0.465 e. The third-order valence-corrected chi connectivity index (χ3v) is 3.81. The molecular formula is C20H22N2O3. The Bertz CT molecular complexity index is 792. The Morgan fingerprint density at radius 1 is 1.24 bits per heavy atom. The number of benzene rings is 1. The number of ketones is 1. The molecular weight excluding hydrogens is 316 g/mol. The zero-order chi connectivity index (χ0) is 18.4. The smallest absolute Gasteiger partial charge is 0.321 e. The van der Waals surface area contributed by atoms with E-state index in [4.69, 9.17) is 4.74 Å². The van der Waals surface area contributed by atoms with E-state index >= 15 is 0 Å². The minimum absolute atomic E-state index is 0.229. The fourth-order valence-electron chi connectivity index (χ4n) is 2.62. The number of aliphatic imine (C=N–C) groups is 1. The van der Waals surface area contributed by atoms with Crippen molar-refractivity contribution in [1.29, 1.82) is 0 Å². The van der Waals surface area contributed by atoms with Crippen LogP contribution in [0.5, 0.6) is 0 Å². The summed E-state index contributed by atoms with van der Waals surface area (Å²) in [6.07, 6.45) is 5.00.